The molecule has 100 valence electrons. The number of furan rings is 1. The van der Waals surface area contributed by atoms with Crippen LogP contribution in [0.1, 0.15) is 35.9 Å². The molecule has 1 atom stereocenters. The second-order valence-corrected chi connectivity index (χ2v) is 5.06. The fourth-order valence-electron chi connectivity index (χ4n) is 2.42. The first-order valence-electron chi connectivity index (χ1n) is 6.11. The molecule has 1 saturated heterocycles. The molecule has 0 bridgehead atoms. The number of aliphatic hydroxyl groups is 1. The van der Waals surface area contributed by atoms with Gasteiger partial charge in [-0.3, -0.25) is 4.90 Å². The summed E-state index contributed by atoms with van der Waals surface area (Å²) in [6.07, 6.45) is 3.25. The summed E-state index contributed by atoms with van der Waals surface area (Å²) in [5.74, 6) is 0.210. The van der Waals surface area contributed by atoms with E-state index in [1.54, 1.807) is 6.07 Å². The third-order valence-corrected chi connectivity index (χ3v) is 3.27. The van der Waals surface area contributed by atoms with E-state index < -0.39 is 5.60 Å². The van der Waals surface area contributed by atoms with Crippen molar-refractivity contribution in [3.8, 4) is 0 Å². The molecule has 1 N–H and O–H groups in total. The number of methoxy groups -OCH3 is 1. The van der Waals surface area contributed by atoms with Crippen LogP contribution in [0.2, 0.25) is 0 Å². The highest BCUT2D eigenvalue weighted by Gasteiger charge is 2.29. The predicted molar refractivity (Wildman–Crippen MR) is 65.2 cm³/mol. The number of β-amino-alcohol motifs (C(OH)–C–C–N with tert-alkyl or cyclic N) is 1. The Hall–Kier alpha value is -1.33. The topological polar surface area (TPSA) is 62.9 Å². The fraction of sp³-hybridized carbons (Fsp3) is 0.615. The molecule has 1 fully saturated rings. The molecule has 2 rings (SSSR count). The lowest BCUT2D eigenvalue weighted by Crippen LogP contribution is -2.45. The van der Waals surface area contributed by atoms with Crippen LogP contribution in [0.4, 0.5) is 0 Å². The monoisotopic (exact) mass is 253 g/mol. The number of carbonyl (C=O) groups excluding carboxylic acids is 1. The van der Waals surface area contributed by atoms with E-state index in [4.69, 9.17) is 9.15 Å². The number of hydrogen-bond donors (Lipinski definition) is 1. The fourth-order valence-corrected chi connectivity index (χ4v) is 2.42. The molecule has 0 aliphatic carbocycles. The zero-order chi connectivity index (χ0) is 13.2. The summed E-state index contributed by atoms with van der Waals surface area (Å²) in [5.41, 5.74) is -0.196. The number of hydrogen-bond acceptors (Lipinski definition) is 5. The van der Waals surface area contributed by atoms with Gasteiger partial charge in [0.15, 0.2) is 0 Å². The van der Waals surface area contributed by atoms with Crippen LogP contribution in [0.15, 0.2) is 16.7 Å². The molecular weight excluding hydrogens is 234 g/mol. The van der Waals surface area contributed by atoms with E-state index in [9.17, 15) is 9.90 Å². The Bertz CT molecular complexity index is 424. The summed E-state index contributed by atoms with van der Waals surface area (Å²) < 4.78 is 10.0. The molecule has 1 aromatic heterocycles. The van der Waals surface area contributed by atoms with E-state index in [1.165, 1.54) is 13.4 Å². The minimum Gasteiger partial charge on any atom is -0.467 e. The Morgan fingerprint density at radius 3 is 3.11 bits per heavy atom. The third-order valence-electron chi connectivity index (χ3n) is 3.27. The van der Waals surface area contributed by atoms with Crippen molar-refractivity contribution < 1.29 is 19.1 Å². The van der Waals surface area contributed by atoms with Crippen LogP contribution in [0.3, 0.4) is 0 Å². The molecule has 2 heterocycles. The van der Waals surface area contributed by atoms with Gasteiger partial charge in [0.2, 0.25) is 0 Å². The molecule has 0 aromatic carbocycles. The maximum absolute atomic E-state index is 11.5. The quantitative estimate of drug-likeness (QED) is 0.825. The second-order valence-electron chi connectivity index (χ2n) is 5.06. The Morgan fingerprint density at radius 1 is 1.67 bits per heavy atom. The number of ether oxygens (including phenoxy) is 1. The molecule has 1 unspecified atom stereocenters. The zero-order valence-electron chi connectivity index (χ0n) is 10.8. The van der Waals surface area contributed by atoms with Crippen LogP contribution in [0, 0.1) is 0 Å². The highest BCUT2D eigenvalue weighted by atomic mass is 16.5. The van der Waals surface area contributed by atoms with Crippen LogP contribution >= 0.6 is 0 Å². The lowest BCUT2D eigenvalue weighted by atomic mass is 9.95. The molecule has 5 nitrogen and oxygen atoms in total. The molecule has 1 aliphatic heterocycles. The van der Waals surface area contributed by atoms with Gasteiger partial charge in [0, 0.05) is 6.54 Å². The minimum absolute atomic E-state index is 0.387. The molecule has 0 spiro atoms. The Morgan fingerprint density at radius 2 is 2.44 bits per heavy atom. The van der Waals surface area contributed by atoms with Crippen molar-refractivity contribution in [3.05, 3.63) is 23.7 Å². The Balaban J connectivity index is 2.05. The third kappa shape index (κ3) is 2.91. The Kier molecular flexibility index (Phi) is 3.73. The van der Waals surface area contributed by atoms with Gasteiger partial charge in [-0.05, 0) is 32.4 Å². The first-order valence-corrected chi connectivity index (χ1v) is 6.11. The summed E-state index contributed by atoms with van der Waals surface area (Å²) in [5, 5.41) is 10.0. The molecular formula is C13H19NO4. The van der Waals surface area contributed by atoms with Crippen LogP contribution in [-0.4, -0.2) is 41.8 Å². The first kappa shape index (κ1) is 13.1. The molecule has 0 radical (unpaired) electrons. The van der Waals surface area contributed by atoms with Crippen molar-refractivity contribution >= 4 is 5.97 Å². The van der Waals surface area contributed by atoms with Gasteiger partial charge in [-0.25, -0.2) is 4.79 Å². The van der Waals surface area contributed by atoms with E-state index in [0.29, 0.717) is 24.4 Å². The van der Waals surface area contributed by atoms with Gasteiger partial charge in [-0.1, -0.05) is 0 Å². The SMILES string of the molecule is COC(=O)c1ccoc1CN1CCCC(C)(O)C1. The molecule has 0 amide bonds. The normalized spacial score (nSPS) is 25.1. The number of nitrogens with zero attached hydrogens (tertiary/aromatic N) is 1. The van der Waals surface area contributed by atoms with Gasteiger partial charge in [0.1, 0.15) is 11.3 Å². The van der Waals surface area contributed by atoms with Gasteiger partial charge in [-0.2, -0.15) is 0 Å². The average Bonchev–Trinajstić information content (AvgIpc) is 2.75. The van der Waals surface area contributed by atoms with Crippen LogP contribution in [0.25, 0.3) is 0 Å². The molecule has 18 heavy (non-hydrogen) atoms. The lowest BCUT2D eigenvalue weighted by molar-refractivity contribution is -0.0199. The minimum atomic E-state index is -0.656. The van der Waals surface area contributed by atoms with Crippen LogP contribution < -0.4 is 0 Å². The molecule has 1 aromatic rings. The van der Waals surface area contributed by atoms with Crippen molar-refractivity contribution in [2.45, 2.75) is 31.9 Å². The second kappa shape index (κ2) is 5.12. The maximum Gasteiger partial charge on any atom is 0.341 e. The van der Waals surface area contributed by atoms with Gasteiger partial charge in [-0.15, -0.1) is 0 Å². The highest BCUT2D eigenvalue weighted by molar-refractivity contribution is 5.90. The first-order chi connectivity index (χ1) is 8.52. The lowest BCUT2D eigenvalue weighted by Gasteiger charge is -2.36. The average molecular weight is 253 g/mol. The molecule has 1 aliphatic rings. The summed E-state index contributed by atoms with van der Waals surface area (Å²) in [7, 11) is 1.35. The number of rotatable bonds is 3. The van der Waals surface area contributed by atoms with Crippen molar-refractivity contribution in [2.24, 2.45) is 0 Å². The van der Waals surface area contributed by atoms with E-state index in [1.807, 2.05) is 6.92 Å². The summed E-state index contributed by atoms with van der Waals surface area (Å²) in [4.78, 5) is 13.6. The van der Waals surface area contributed by atoms with Crippen molar-refractivity contribution in [2.75, 3.05) is 20.2 Å². The highest BCUT2D eigenvalue weighted by Crippen LogP contribution is 2.23. The summed E-state index contributed by atoms with van der Waals surface area (Å²) >= 11 is 0. The maximum atomic E-state index is 11.5. The van der Waals surface area contributed by atoms with Gasteiger partial charge < -0.3 is 14.3 Å². The van der Waals surface area contributed by atoms with Crippen molar-refractivity contribution in [1.29, 1.82) is 0 Å². The van der Waals surface area contributed by atoms with Crippen molar-refractivity contribution in [3.63, 3.8) is 0 Å². The smallest absolute Gasteiger partial charge is 0.341 e. The molecule has 5 heteroatoms. The zero-order valence-corrected chi connectivity index (χ0v) is 10.8. The van der Waals surface area contributed by atoms with Gasteiger partial charge in [0.25, 0.3) is 0 Å². The van der Waals surface area contributed by atoms with E-state index in [2.05, 4.69) is 4.90 Å². The van der Waals surface area contributed by atoms with Crippen LogP contribution in [0.5, 0.6) is 0 Å². The van der Waals surface area contributed by atoms with Crippen molar-refractivity contribution in [1.82, 2.24) is 4.90 Å². The Labute approximate surface area is 106 Å². The van der Waals surface area contributed by atoms with E-state index in [0.717, 1.165) is 19.4 Å². The van der Waals surface area contributed by atoms with E-state index in [-0.39, 0.29) is 5.97 Å². The number of likely N-dealkylation sites (tertiary alicyclic amines) is 1. The predicted octanol–water partition coefficient (Wildman–Crippen LogP) is 1.41. The number of carbonyl (C=O) groups is 1. The van der Waals surface area contributed by atoms with Crippen LogP contribution in [-0.2, 0) is 11.3 Å². The van der Waals surface area contributed by atoms with Gasteiger partial charge >= 0.3 is 5.97 Å². The summed E-state index contributed by atoms with van der Waals surface area (Å²) in [6.45, 7) is 3.85. The summed E-state index contributed by atoms with van der Waals surface area (Å²) in [6, 6.07) is 1.61. The standard InChI is InChI=1S/C13H19NO4/c1-13(16)5-3-6-14(9-13)8-11-10(4-7-18-11)12(15)17-2/h4,7,16H,3,5-6,8-9H2,1-2H3. The largest absolute Gasteiger partial charge is 0.467 e. The van der Waals surface area contributed by atoms with Gasteiger partial charge in [0.05, 0.1) is 25.5 Å². The number of esters is 1. The molecule has 0 saturated carbocycles. The van der Waals surface area contributed by atoms with E-state index >= 15 is 0 Å². The number of piperidine rings is 1.